The Morgan fingerprint density at radius 2 is 2.47 bits per heavy atom. The van der Waals surface area contributed by atoms with Crippen molar-refractivity contribution in [3.05, 3.63) is 30.1 Å². The second kappa shape index (κ2) is 6.14. The lowest BCUT2D eigenvalue weighted by molar-refractivity contribution is -0.141. The van der Waals surface area contributed by atoms with Crippen LogP contribution in [-0.4, -0.2) is 24.1 Å². The summed E-state index contributed by atoms with van der Waals surface area (Å²) >= 11 is 0. The van der Waals surface area contributed by atoms with Crippen molar-refractivity contribution in [2.75, 3.05) is 7.11 Å². The van der Waals surface area contributed by atoms with Crippen LogP contribution in [0, 0.1) is 0 Å². The van der Waals surface area contributed by atoms with Gasteiger partial charge in [-0.1, -0.05) is 6.07 Å². The van der Waals surface area contributed by atoms with Crippen molar-refractivity contribution in [3.8, 4) is 0 Å². The van der Waals surface area contributed by atoms with Gasteiger partial charge in [0.25, 0.3) is 0 Å². The lowest BCUT2D eigenvalue weighted by atomic mass is 10.1. The lowest BCUT2D eigenvalue weighted by Crippen LogP contribution is -2.25. The molecule has 1 atom stereocenters. The Balaban J connectivity index is 2.28. The number of carbonyl (C=O) groups is 1. The van der Waals surface area contributed by atoms with Gasteiger partial charge in [-0.05, 0) is 24.5 Å². The number of nitrogens with zero attached hydrogens (tertiary/aromatic N) is 1. The number of aromatic nitrogens is 1. The van der Waals surface area contributed by atoms with E-state index in [1.54, 1.807) is 6.20 Å². The maximum atomic E-state index is 10.9. The van der Waals surface area contributed by atoms with E-state index in [2.05, 4.69) is 9.72 Å². The van der Waals surface area contributed by atoms with Crippen molar-refractivity contribution in [1.82, 2.24) is 4.98 Å². The molecule has 0 unspecified atom stereocenters. The Morgan fingerprint density at radius 3 is 3.07 bits per heavy atom. The molecule has 0 aliphatic rings. The summed E-state index contributed by atoms with van der Waals surface area (Å²) in [7, 11) is 1.37. The van der Waals surface area contributed by atoms with Gasteiger partial charge in [-0.15, -0.1) is 0 Å². The number of methoxy groups -OCH3 is 1. The second-order valence-corrected chi connectivity index (χ2v) is 3.44. The average molecular weight is 208 g/mol. The van der Waals surface area contributed by atoms with Crippen LogP contribution >= 0.6 is 0 Å². The van der Waals surface area contributed by atoms with Gasteiger partial charge in [-0.3, -0.25) is 9.78 Å². The van der Waals surface area contributed by atoms with Crippen molar-refractivity contribution in [2.24, 2.45) is 5.73 Å². The molecule has 4 nitrogen and oxygen atoms in total. The van der Waals surface area contributed by atoms with Gasteiger partial charge in [0.05, 0.1) is 13.5 Å². The summed E-state index contributed by atoms with van der Waals surface area (Å²) in [5, 5.41) is 0. The molecule has 0 aliphatic heterocycles. The van der Waals surface area contributed by atoms with E-state index in [0.717, 1.165) is 18.4 Å². The zero-order chi connectivity index (χ0) is 11.1. The summed E-state index contributed by atoms with van der Waals surface area (Å²) in [6.07, 6.45) is 5.42. The molecule has 1 aromatic rings. The first-order chi connectivity index (χ1) is 7.22. The minimum absolute atomic E-state index is 0.141. The highest BCUT2D eigenvalue weighted by Crippen LogP contribution is 2.04. The standard InChI is InChI=1S/C11H16N2O2/c1-15-11(14)7-10(12)5-4-9-3-2-6-13-8-9/h2-3,6,8,10H,4-5,7,12H2,1H3/t10-/m1/s1. The molecule has 0 radical (unpaired) electrons. The SMILES string of the molecule is COC(=O)C[C@H](N)CCc1cccnc1. The molecule has 0 saturated heterocycles. The molecule has 0 fully saturated rings. The Bertz CT molecular complexity index is 301. The molecule has 0 saturated carbocycles. The van der Waals surface area contributed by atoms with E-state index in [9.17, 15) is 4.79 Å². The summed E-state index contributed by atoms with van der Waals surface area (Å²) < 4.78 is 4.54. The molecule has 0 amide bonds. The largest absolute Gasteiger partial charge is 0.469 e. The minimum atomic E-state index is -0.256. The fourth-order valence-corrected chi connectivity index (χ4v) is 1.30. The third-order valence-corrected chi connectivity index (χ3v) is 2.18. The van der Waals surface area contributed by atoms with Gasteiger partial charge >= 0.3 is 5.97 Å². The predicted molar refractivity (Wildman–Crippen MR) is 57.2 cm³/mol. The van der Waals surface area contributed by atoms with E-state index < -0.39 is 0 Å². The van der Waals surface area contributed by atoms with Crippen molar-refractivity contribution >= 4 is 5.97 Å². The molecule has 82 valence electrons. The van der Waals surface area contributed by atoms with Crippen molar-refractivity contribution < 1.29 is 9.53 Å². The lowest BCUT2D eigenvalue weighted by Gasteiger charge is -2.09. The predicted octanol–water partition coefficient (Wildman–Crippen LogP) is 0.905. The van der Waals surface area contributed by atoms with Crippen LogP contribution in [0.25, 0.3) is 0 Å². The Kier molecular flexibility index (Phi) is 4.77. The van der Waals surface area contributed by atoms with Crippen LogP contribution in [0.15, 0.2) is 24.5 Å². The number of rotatable bonds is 5. The highest BCUT2D eigenvalue weighted by molar-refractivity contribution is 5.69. The number of hydrogen-bond acceptors (Lipinski definition) is 4. The molecule has 0 aromatic carbocycles. The topological polar surface area (TPSA) is 65.2 Å². The summed E-state index contributed by atoms with van der Waals surface area (Å²) in [6.45, 7) is 0. The van der Waals surface area contributed by atoms with E-state index in [0.29, 0.717) is 0 Å². The zero-order valence-electron chi connectivity index (χ0n) is 8.85. The smallest absolute Gasteiger partial charge is 0.307 e. The second-order valence-electron chi connectivity index (χ2n) is 3.44. The summed E-state index contributed by atoms with van der Waals surface area (Å²) in [5.41, 5.74) is 6.91. The fourth-order valence-electron chi connectivity index (χ4n) is 1.30. The van der Waals surface area contributed by atoms with Gasteiger partial charge in [0.1, 0.15) is 0 Å². The molecule has 0 spiro atoms. The molecule has 4 heteroatoms. The molecule has 0 bridgehead atoms. The quantitative estimate of drug-likeness (QED) is 0.730. The van der Waals surface area contributed by atoms with Crippen molar-refractivity contribution in [2.45, 2.75) is 25.3 Å². The van der Waals surface area contributed by atoms with Crippen LogP contribution in [0.1, 0.15) is 18.4 Å². The monoisotopic (exact) mass is 208 g/mol. The molecular formula is C11H16N2O2. The highest BCUT2D eigenvalue weighted by Gasteiger charge is 2.09. The van der Waals surface area contributed by atoms with Crippen LogP contribution in [0.5, 0.6) is 0 Å². The van der Waals surface area contributed by atoms with Gasteiger partial charge in [0.15, 0.2) is 0 Å². The Labute approximate surface area is 89.5 Å². The first-order valence-electron chi connectivity index (χ1n) is 4.93. The molecular weight excluding hydrogens is 192 g/mol. The number of carbonyl (C=O) groups excluding carboxylic acids is 1. The van der Waals surface area contributed by atoms with E-state index >= 15 is 0 Å². The van der Waals surface area contributed by atoms with Gasteiger partial charge in [-0.2, -0.15) is 0 Å². The van der Waals surface area contributed by atoms with Gasteiger partial charge in [0.2, 0.25) is 0 Å². The first kappa shape index (κ1) is 11.7. The normalized spacial score (nSPS) is 12.1. The molecule has 1 heterocycles. The van der Waals surface area contributed by atoms with E-state index in [1.165, 1.54) is 7.11 Å². The van der Waals surface area contributed by atoms with Crippen LogP contribution < -0.4 is 5.73 Å². The molecule has 1 aromatic heterocycles. The number of ether oxygens (including phenoxy) is 1. The summed E-state index contributed by atoms with van der Waals surface area (Å²) in [6, 6.07) is 3.75. The number of pyridine rings is 1. The number of hydrogen-bond donors (Lipinski definition) is 1. The Morgan fingerprint density at radius 1 is 1.67 bits per heavy atom. The van der Waals surface area contributed by atoms with Crippen LogP contribution in [0.4, 0.5) is 0 Å². The van der Waals surface area contributed by atoms with Crippen LogP contribution in [0.2, 0.25) is 0 Å². The van der Waals surface area contributed by atoms with Crippen LogP contribution in [0.3, 0.4) is 0 Å². The molecule has 0 aliphatic carbocycles. The summed E-state index contributed by atoms with van der Waals surface area (Å²) in [4.78, 5) is 14.9. The number of aryl methyl sites for hydroxylation is 1. The van der Waals surface area contributed by atoms with Gasteiger partial charge in [0, 0.05) is 18.4 Å². The maximum absolute atomic E-state index is 10.9. The third-order valence-electron chi connectivity index (χ3n) is 2.18. The van der Waals surface area contributed by atoms with E-state index in [-0.39, 0.29) is 18.4 Å². The fraction of sp³-hybridized carbons (Fsp3) is 0.455. The van der Waals surface area contributed by atoms with Crippen molar-refractivity contribution in [3.63, 3.8) is 0 Å². The van der Waals surface area contributed by atoms with E-state index in [4.69, 9.17) is 5.73 Å². The molecule has 15 heavy (non-hydrogen) atoms. The maximum Gasteiger partial charge on any atom is 0.307 e. The van der Waals surface area contributed by atoms with E-state index in [1.807, 2.05) is 18.3 Å². The number of esters is 1. The third kappa shape index (κ3) is 4.56. The number of nitrogens with two attached hydrogens (primary N) is 1. The van der Waals surface area contributed by atoms with Crippen LogP contribution in [-0.2, 0) is 16.0 Å². The Hall–Kier alpha value is -1.42. The van der Waals surface area contributed by atoms with Gasteiger partial charge in [-0.25, -0.2) is 0 Å². The molecule has 2 N–H and O–H groups in total. The minimum Gasteiger partial charge on any atom is -0.469 e. The summed E-state index contributed by atoms with van der Waals surface area (Å²) in [5.74, 6) is -0.256. The molecule has 1 rings (SSSR count). The van der Waals surface area contributed by atoms with Gasteiger partial charge < -0.3 is 10.5 Å². The average Bonchev–Trinajstić information content (AvgIpc) is 2.27. The van der Waals surface area contributed by atoms with Crippen molar-refractivity contribution in [1.29, 1.82) is 0 Å². The highest BCUT2D eigenvalue weighted by atomic mass is 16.5. The zero-order valence-corrected chi connectivity index (χ0v) is 8.85. The first-order valence-corrected chi connectivity index (χ1v) is 4.93.